The zero-order chi connectivity index (χ0) is 9.38. The molecule has 3 heterocycles. The van der Waals surface area contributed by atoms with Crippen molar-refractivity contribution in [1.82, 2.24) is 30.5 Å². The summed E-state index contributed by atoms with van der Waals surface area (Å²) in [6.45, 7) is 0.806. The van der Waals surface area contributed by atoms with Gasteiger partial charge in [-0.3, -0.25) is 5.10 Å². The van der Waals surface area contributed by atoms with Gasteiger partial charge in [0, 0.05) is 13.0 Å². The number of rotatable bonds is 1. The van der Waals surface area contributed by atoms with Crippen molar-refractivity contribution >= 4 is 0 Å². The van der Waals surface area contributed by atoms with E-state index in [4.69, 9.17) is 0 Å². The number of aromatic amines is 2. The van der Waals surface area contributed by atoms with Gasteiger partial charge in [-0.05, 0) is 0 Å². The molecular formula is C8H10N6. The van der Waals surface area contributed by atoms with Crippen LogP contribution in [0.25, 0.3) is 0 Å². The van der Waals surface area contributed by atoms with Crippen LogP contribution in [0.2, 0.25) is 0 Å². The van der Waals surface area contributed by atoms with E-state index in [0.717, 1.165) is 24.5 Å². The molecule has 1 aliphatic rings. The lowest BCUT2D eigenvalue weighted by Gasteiger charge is -2.20. The largest absolute Gasteiger partial charge is 0.347 e. The first kappa shape index (κ1) is 7.69. The Balaban J connectivity index is 1.88. The fourth-order valence-electron chi connectivity index (χ4n) is 1.75. The predicted molar refractivity (Wildman–Crippen MR) is 48.3 cm³/mol. The molecule has 14 heavy (non-hydrogen) atoms. The smallest absolute Gasteiger partial charge is 0.141 e. The van der Waals surface area contributed by atoms with E-state index in [1.165, 1.54) is 12.0 Å². The Morgan fingerprint density at radius 2 is 2.36 bits per heavy atom. The highest BCUT2D eigenvalue weighted by atomic mass is 15.2. The van der Waals surface area contributed by atoms with E-state index in [0.29, 0.717) is 0 Å². The zero-order valence-electron chi connectivity index (χ0n) is 7.49. The van der Waals surface area contributed by atoms with Gasteiger partial charge in [0.05, 0.1) is 23.8 Å². The van der Waals surface area contributed by atoms with Crippen LogP contribution in [-0.2, 0) is 13.0 Å². The number of aromatic nitrogens is 5. The van der Waals surface area contributed by atoms with Gasteiger partial charge in [0.15, 0.2) is 0 Å². The van der Waals surface area contributed by atoms with Crippen LogP contribution in [-0.4, -0.2) is 25.1 Å². The van der Waals surface area contributed by atoms with Crippen LogP contribution in [0.5, 0.6) is 0 Å². The van der Waals surface area contributed by atoms with E-state index >= 15 is 0 Å². The quantitative estimate of drug-likeness (QED) is 0.587. The lowest BCUT2D eigenvalue weighted by atomic mass is 10.1. The van der Waals surface area contributed by atoms with E-state index in [2.05, 4.69) is 30.5 Å². The maximum atomic E-state index is 4.26. The first-order valence-corrected chi connectivity index (χ1v) is 4.53. The average Bonchev–Trinajstić information content (AvgIpc) is 2.88. The van der Waals surface area contributed by atoms with Crippen LogP contribution >= 0.6 is 0 Å². The summed E-state index contributed by atoms with van der Waals surface area (Å²) in [5.41, 5.74) is 2.28. The van der Waals surface area contributed by atoms with E-state index in [1.807, 2.05) is 0 Å². The molecule has 0 amide bonds. The highest BCUT2D eigenvalue weighted by molar-refractivity contribution is 5.17. The number of imidazole rings is 1. The van der Waals surface area contributed by atoms with Gasteiger partial charge in [0.25, 0.3) is 0 Å². The molecule has 0 aliphatic carbocycles. The second-order valence-electron chi connectivity index (χ2n) is 3.34. The van der Waals surface area contributed by atoms with Crippen molar-refractivity contribution < 1.29 is 0 Å². The van der Waals surface area contributed by atoms with E-state index in [-0.39, 0.29) is 6.04 Å². The van der Waals surface area contributed by atoms with Crippen LogP contribution in [0, 0.1) is 0 Å². The average molecular weight is 190 g/mol. The topological polar surface area (TPSA) is 82.3 Å². The van der Waals surface area contributed by atoms with Crippen LogP contribution in [0.1, 0.15) is 23.3 Å². The molecule has 1 aliphatic heterocycles. The molecule has 0 radical (unpaired) electrons. The van der Waals surface area contributed by atoms with Gasteiger partial charge in [-0.15, -0.1) is 0 Å². The molecule has 0 saturated carbocycles. The van der Waals surface area contributed by atoms with Gasteiger partial charge < -0.3 is 10.3 Å². The third kappa shape index (κ3) is 1.12. The molecule has 6 heteroatoms. The molecular weight excluding hydrogens is 180 g/mol. The van der Waals surface area contributed by atoms with Gasteiger partial charge in [-0.1, -0.05) is 0 Å². The third-order valence-corrected chi connectivity index (χ3v) is 2.49. The van der Waals surface area contributed by atoms with Gasteiger partial charge in [0.1, 0.15) is 12.2 Å². The molecule has 2 aromatic rings. The lowest BCUT2D eigenvalue weighted by molar-refractivity contribution is 0.469. The molecule has 72 valence electrons. The minimum absolute atomic E-state index is 0.202. The number of hydrogen-bond donors (Lipinski definition) is 3. The van der Waals surface area contributed by atoms with Gasteiger partial charge in [-0.2, -0.15) is 5.10 Å². The summed E-state index contributed by atoms with van der Waals surface area (Å²) >= 11 is 0. The summed E-state index contributed by atoms with van der Waals surface area (Å²) in [7, 11) is 0. The molecule has 0 fully saturated rings. The van der Waals surface area contributed by atoms with Gasteiger partial charge >= 0.3 is 0 Å². The summed E-state index contributed by atoms with van der Waals surface area (Å²) in [4.78, 5) is 11.5. The number of H-pyrrole nitrogens is 2. The maximum absolute atomic E-state index is 4.26. The Labute approximate surface area is 80.2 Å². The van der Waals surface area contributed by atoms with Crippen LogP contribution in [0.3, 0.4) is 0 Å². The molecule has 0 aromatic carbocycles. The number of nitrogens with zero attached hydrogens (tertiary/aromatic N) is 3. The van der Waals surface area contributed by atoms with Crippen molar-refractivity contribution in [2.24, 2.45) is 0 Å². The third-order valence-electron chi connectivity index (χ3n) is 2.49. The minimum Gasteiger partial charge on any atom is -0.347 e. The molecule has 3 N–H and O–H groups in total. The highest BCUT2D eigenvalue weighted by Gasteiger charge is 2.22. The van der Waals surface area contributed by atoms with Crippen LogP contribution in [0.4, 0.5) is 0 Å². The Kier molecular flexibility index (Phi) is 1.60. The van der Waals surface area contributed by atoms with Crippen molar-refractivity contribution in [3.8, 4) is 0 Å². The molecule has 0 spiro atoms. The van der Waals surface area contributed by atoms with Crippen molar-refractivity contribution in [1.29, 1.82) is 0 Å². The van der Waals surface area contributed by atoms with Crippen LogP contribution < -0.4 is 5.32 Å². The molecule has 1 unspecified atom stereocenters. The highest BCUT2D eigenvalue weighted by Crippen LogP contribution is 2.20. The molecule has 6 nitrogen and oxygen atoms in total. The van der Waals surface area contributed by atoms with Crippen molar-refractivity contribution in [2.45, 2.75) is 19.0 Å². The van der Waals surface area contributed by atoms with Crippen molar-refractivity contribution in [3.63, 3.8) is 0 Å². The first-order valence-electron chi connectivity index (χ1n) is 4.53. The van der Waals surface area contributed by atoms with Crippen molar-refractivity contribution in [3.05, 3.63) is 29.9 Å². The zero-order valence-corrected chi connectivity index (χ0v) is 7.49. The molecule has 3 rings (SSSR count). The Hall–Kier alpha value is -1.69. The Morgan fingerprint density at radius 3 is 3.21 bits per heavy atom. The second kappa shape index (κ2) is 2.91. The second-order valence-corrected chi connectivity index (χ2v) is 3.34. The summed E-state index contributed by atoms with van der Waals surface area (Å²) in [6.07, 6.45) is 4.11. The Bertz CT molecular complexity index is 417. The van der Waals surface area contributed by atoms with Crippen molar-refractivity contribution in [2.75, 3.05) is 0 Å². The fraction of sp³-hybridized carbons (Fsp3) is 0.375. The normalized spacial score (nSPS) is 20.7. The molecule has 2 aromatic heterocycles. The molecule has 0 saturated heterocycles. The summed E-state index contributed by atoms with van der Waals surface area (Å²) in [6, 6.07) is 0.202. The molecule has 0 bridgehead atoms. The number of hydrogen-bond acceptors (Lipinski definition) is 4. The van der Waals surface area contributed by atoms with Gasteiger partial charge in [-0.25, -0.2) is 9.97 Å². The standard InChI is InChI=1S/C8H10N6/c1-5-7(11-3-10-5)2-9-6(1)8-12-4-13-14-8/h3-4,6,9H,1-2H2,(H,10,11)(H,12,13,14). The lowest BCUT2D eigenvalue weighted by Crippen LogP contribution is -2.29. The number of fused-ring (bicyclic) bond motifs is 1. The summed E-state index contributed by atoms with van der Waals surface area (Å²) in [5, 5.41) is 10.1. The molecule has 1 atom stereocenters. The van der Waals surface area contributed by atoms with E-state index < -0.39 is 0 Å². The van der Waals surface area contributed by atoms with Gasteiger partial charge in [0.2, 0.25) is 0 Å². The Morgan fingerprint density at radius 1 is 1.36 bits per heavy atom. The monoisotopic (exact) mass is 190 g/mol. The van der Waals surface area contributed by atoms with E-state index in [1.54, 1.807) is 6.33 Å². The predicted octanol–water partition coefficient (Wildman–Crippen LogP) is -0.0852. The minimum atomic E-state index is 0.202. The summed E-state index contributed by atoms with van der Waals surface area (Å²) in [5.74, 6) is 0.874. The summed E-state index contributed by atoms with van der Waals surface area (Å²) < 4.78 is 0. The fourth-order valence-corrected chi connectivity index (χ4v) is 1.75. The maximum Gasteiger partial charge on any atom is 0.141 e. The van der Waals surface area contributed by atoms with Crippen LogP contribution in [0.15, 0.2) is 12.7 Å². The first-order chi connectivity index (χ1) is 6.93. The van der Waals surface area contributed by atoms with E-state index in [9.17, 15) is 0 Å². The SMILES string of the molecule is c1n[nH]c(C2Cc3nc[nH]c3CN2)n1. The number of nitrogens with one attached hydrogen (secondary N) is 3.